The summed E-state index contributed by atoms with van der Waals surface area (Å²) < 4.78 is 6.39. The van der Waals surface area contributed by atoms with Crippen LogP contribution in [0.3, 0.4) is 0 Å². The summed E-state index contributed by atoms with van der Waals surface area (Å²) in [5.41, 5.74) is 17.4. The number of nitrogens with zero attached hydrogens (tertiary/aromatic N) is 3. The summed E-state index contributed by atoms with van der Waals surface area (Å²) in [6, 6.07) is 17.5. The molecule has 158 valence electrons. The van der Waals surface area contributed by atoms with Gasteiger partial charge in [0.15, 0.2) is 0 Å². The van der Waals surface area contributed by atoms with Gasteiger partial charge in [0.1, 0.15) is 29.9 Å². The van der Waals surface area contributed by atoms with Gasteiger partial charge in [-0.2, -0.15) is 5.26 Å². The van der Waals surface area contributed by atoms with Crippen LogP contribution < -0.4 is 16.4 Å². The maximum atomic E-state index is 13.0. The van der Waals surface area contributed by atoms with Crippen LogP contribution in [0.1, 0.15) is 28.2 Å². The molecule has 0 fully saturated rings. The van der Waals surface area contributed by atoms with E-state index in [0.717, 1.165) is 21.3 Å². The van der Waals surface area contributed by atoms with Crippen LogP contribution in [-0.4, -0.2) is 17.6 Å². The summed E-state index contributed by atoms with van der Waals surface area (Å²) in [4.78, 5) is 19.4. The molecule has 2 aliphatic rings. The van der Waals surface area contributed by atoms with Crippen LogP contribution in [-0.2, 0) is 9.53 Å². The Balaban J connectivity index is 1.86. The number of hydrogen-bond donors (Lipinski definition) is 2. The van der Waals surface area contributed by atoms with Crippen LogP contribution in [0.2, 0.25) is 0 Å². The third kappa shape index (κ3) is 2.93. The Morgan fingerprint density at radius 1 is 1.16 bits per heavy atom. The van der Waals surface area contributed by atoms with Gasteiger partial charge >= 0.3 is 5.97 Å². The summed E-state index contributed by atoms with van der Waals surface area (Å²) in [5.74, 6) is -0.409. The number of ether oxygens (including phenoxy) is 1. The fourth-order valence-electron chi connectivity index (χ4n) is 4.31. The number of carbonyl (C=O) groups excluding carboxylic acids is 1. The fourth-order valence-corrected chi connectivity index (χ4v) is 4.57. The van der Waals surface area contributed by atoms with E-state index in [1.807, 2.05) is 60.4 Å². The number of aromatic nitrogens is 1. The number of benzene rings is 2. The van der Waals surface area contributed by atoms with E-state index < -0.39 is 11.9 Å². The molecule has 2 aliphatic heterocycles. The molecule has 1 unspecified atom stereocenters. The van der Waals surface area contributed by atoms with Crippen molar-refractivity contribution in [3.05, 3.63) is 86.5 Å². The zero-order chi connectivity index (χ0) is 22.6. The molecule has 0 bridgehead atoms. The number of hydrogen-bond acceptors (Lipinski definition) is 7. The first-order valence-corrected chi connectivity index (χ1v) is 10.7. The van der Waals surface area contributed by atoms with E-state index in [0.29, 0.717) is 22.7 Å². The van der Waals surface area contributed by atoms with E-state index in [2.05, 4.69) is 27.0 Å². The van der Waals surface area contributed by atoms with Crippen LogP contribution in [0, 0.1) is 18.3 Å². The maximum absolute atomic E-state index is 13.0. The number of fused-ring (bicyclic) bond motifs is 1. The first kappa shape index (κ1) is 20.1. The number of carbonyl (C=O) groups is 1. The van der Waals surface area contributed by atoms with Gasteiger partial charge in [0, 0.05) is 21.6 Å². The number of aryl methyl sites for hydroxylation is 1. The standard InChI is InChI=1S/C24H18BrN5O2/c1-12-2-8-15(9-3-12)30-17-11-32-24(31)19(17)18(13-4-6-14(25)7-5-13)20-21(27)16(10-26)22(28)29-23(20)30/h2-9,18H,11H2,1H3,(H4,27,28,29). The fraction of sp³-hybridized carbons (Fsp3) is 0.125. The number of nitrogen functional groups attached to an aromatic ring is 2. The van der Waals surface area contributed by atoms with E-state index in [9.17, 15) is 10.1 Å². The van der Waals surface area contributed by atoms with E-state index in [-0.39, 0.29) is 23.7 Å². The van der Waals surface area contributed by atoms with Crippen molar-refractivity contribution in [3.8, 4) is 6.07 Å². The minimum absolute atomic E-state index is 0.0460. The third-order valence-corrected chi connectivity index (χ3v) is 6.35. The van der Waals surface area contributed by atoms with Crippen LogP contribution in [0.25, 0.3) is 0 Å². The number of pyridine rings is 1. The zero-order valence-corrected chi connectivity index (χ0v) is 18.7. The Morgan fingerprint density at radius 2 is 1.84 bits per heavy atom. The van der Waals surface area contributed by atoms with Gasteiger partial charge in [0.05, 0.1) is 17.0 Å². The van der Waals surface area contributed by atoms with Gasteiger partial charge in [-0.1, -0.05) is 45.8 Å². The molecule has 7 nitrogen and oxygen atoms in total. The molecule has 8 heteroatoms. The molecule has 5 rings (SSSR count). The zero-order valence-electron chi connectivity index (χ0n) is 17.1. The highest BCUT2D eigenvalue weighted by Crippen LogP contribution is 2.52. The number of anilines is 4. The summed E-state index contributed by atoms with van der Waals surface area (Å²) in [6.07, 6.45) is 0. The lowest BCUT2D eigenvalue weighted by molar-refractivity contribution is -0.136. The summed E-state index contributed by atoms with van der Waals surface area (Å²) in [6.45, 7) is 2.10. The quantitative estimate of drug-likeness (QED) is 0.517. The van der Waals surface area contributed by atoms with E-state index in [1.54, 1.807) is 0 Å². The smallest absolute Gasteiger partial charge is 0.337 e. The van der Waals surface area contributed by atoms with Crippen molar-refractivity contribution in [1.82, 2.24) is 4.98 Å². The Labute approximate surface area is 193 Å². The molecule has 0 spiro atoms. The SMILES string of the molecule is Cc1ccc(N2C3=C(C(=O)OC3)C(c3ccc(Br)cc3)c3c2nc(N)c(C#N)c3N)cc1. The van der Waals surface area contributed by atoms with Crippen molar-refractivity contribution in [2.24, 2.45) is 0 Å². The minimum atomic E-state index is -0.537. The molecule has 0 aliphatic carbocycles. The molecule has 0 radical (unpaired) electrons. The van der Waals surface area contributed by atoms with Crippen LogP contribution >= 0.6 is 15.9 Å². The van der Waals surface area contributed by atoms with Crippen molar-refractivity contribution in [2.45, 2.75) is 12.8 Å². The molecule has 1 atom stereocenters. The normalized spacial score (nSPS) is 17.0. The number of rotatable bonds is 2. The number of halogens is 1. The maximum Gasteiger partial charge on any atom is 0.337 e. The van der Waals surface area contributed by atoms with Crippen LogP contribution in [0.4, 0.5) is 23.0 Å². The van der Waals surface area contributed by atoms with Crippen LogP contribution in [0.5, 0.6) is 0 Å². The highest BCUT2D eigenvalue weighted by atomic mass is 79.9. The molecular weight excluding hydrogens is 470 g/mol. The lowest BCUT2D eigenvalue weighted by Gasteiger charge is -2.36. The van der Waals surface area contributed by atoms with Gasteiger partial charge in [-0.3, -0.25) is 4.90 Å². The summed E-state index contributed by atoms with van der Waals surface area (Å²) in [7, 11) is 0. The molecule has 3 aromatic rings. The average Bonchev–Trinajstić information content (AvgIpc) is 3.15. The minimum Gasteiger partial charge on any atom is -0.456 e. The van der Waals surface area contributed by atoms with Gasteiger partial charge in [-0.05, 0) is 36.8 Å². The number of cyclic esters (lactones) is 1. The molecular formula is C24H18BrN5O2. The summed E-state index contributed by atoms with van der Waals surface area (Å²) in [5, 5.41) is 9.67. The van der Waals surface area contributed by atoms with Crippen molar-refractivity contribution >= 4 is 44.9 Å². The second-order valence-corrected chi connectivity index (χ2v) is 8.64. The third-order valence-electron chi connectivity index (χ3n) is 5.82. The largest absolute Gasteiger partial charge is 0.456 e. The number of nitrogens with two attached hydrogens (primary N) is 2. The van der Waals surface area contributed by atoms with Crippen molar-refractivity contribution in [1.29, 1.82) is 5.26 Å². The second kappa shape index (κ2) is 7.39. The monoisotopic (exact) mass is 487 g/mol. The number of nitriles is 1. The lowest BCUT2D eigenvalue weighted by atomic mass is 9.80. The molecule has 3 heterocycles. The Kier molecular flexibility index (Phi) is 4.64. The van der Waals surface area contributed by atoms with Crippen molar-refractivity contribution in [3.63, 3.8) is 0 Å². The number of esters is 1. The first-order valence-electron chi connectivity index (χ1n) is 9.92. The molecule has 0 saturated carbocycles. The Morgan fingerprint density at radius 3 is 2.50 bits per heavy atom. The Hall–Kier alpha value is -3.83. The van der Waals surface area contributed by atoms with E-state index in [4.69, 9.17) is 16.2 Å². The first-order chi connectivity index (χ1) is 15.4. The van der Waals surface area contributed by atoms with E-state index in [1.165, 1.54) is 0 Å². The van der Waals surface area contributed by atoms with Gasteiger partial charge < -0.3 is 16.2 Å². The van der Waals surface area contributed by atoms with Gasteiger partial charge in [0.25, 0.3) is 0 Å². The highest BCUT2D eigenvalue weighted by Gasteiger charge is 2.45. The molecule has 0 amide bonds. The molecule has 32 heavy (non-hydrogen) atoms. The molecule has 0 saturated heterocycles. The predicted octanol–water partition coefficient (Wildman–Crippen LogP) is 4.28. The van der Waals surface area contributed by atoms with Crippen molar-refractivity contribution < 1.29 is 9.53 Å². The molecule has 1 aromatic heterocycles. The second-order valence-electron chi connectivity index (χ2n) is 7.73. The van der Waals surface area contributed by atoms with Gasteiger partial charge in [0.2, 0.25) is 0 Å². The molecule has 4 N–H and O–H groups in total. The van der Waals surface area contributed by atoms with Crippen molar-refractivity contribution in [2.75, 3.05) is 23.0 Å². The lowest BCUT2D eigenvalue weighted by Crippen LogP contribution is -2.30. The average molecular weight is 488 g/mol. The topological polar surface area (TPSA) is 118 Å². The van der Waals surface area contributed by atoms with Gasteiger partial charge in [-0.15, -0.1) is 0 Å². The Bertz CT molecular complexity index is 1340. The van der Waals surface area contributed by atoms with E-state index >= 15 is 0 Å². The van der Waals surface area contributed by atoms with Gasteiger partial charge in [-0.25, -0.2) is 9.78 Å². The van der Waals surface area contributed by atoms with Crippen LogP contribution in [0.15, 0.2) is 64.3 Å². The summed E-state index contributed by atoms with van der Waals surface area (Å²) >= 11 is 3.45. The predicted molar refractivity (Wildman–Crippen MR) is 125 cm³/mol. The molecule has 2 aromatic carbocycles. The highest BCUT2D eigenvalue weighted by molar-refractivity contribution is 9.10.